The maximum absolute atomic E-state index is 11.2. The SMILES string of the molecule is CCOc1cc(CC(C(=O)O)C(C)C)ccc1OC. The van der Waals surface area contributed by atoms with Gasteiger partial charge in [0.1, 0.15) is 0 Å². The number of rotatable bonds is 7. The zero-order chi connectivity index (χ0) is 14.4. The van der Waals surface area contributed by atoms with Gasteiger partial charge in [-0.15, -0.1) is 0 Å². The molecule has 19 heavy (non-hydrogen) atoms. The van der Waals surface area contributed by atoms with Gasteiger partial charge in [-0.25, -0.2) is 0 Å². The highest BCUT2D eigenvalue weighted by molar-refractivity contribution is 5.70. The van der Waals surface area contributed by atoms with Crippen LogP contribution in [0.4, 0.5) is 0 Å². The average molecular weight is 266 g/mol. The van der Waals surface area contributed by atoms with Crippen molar-refractivity contribution in [3.8, 4) is 11.5 Å². The predicted molar refractivity (Wildman–Crippen MR) is 73.8 cm³/mol. The van der Waals surface area contributed by atoms with Crippen LogP contribution >= 0.6 is 0 Å². The zero-order valence-corrected chi connectivity index (χ0v) is 12.0. The van der Waals surface area contributed by atoms with Crippen LogP contribution in [0.2, 0.25) is 0 Å². The first-order chi connectivity index (χ1) is 8.99. The predicted octanol–water partition coefficient (Wildman–Crippen LogP) is 2.99. The summed E-state index contributed by atoms with van der Waals surface area (Å²) in [5, 5.41) is 9.22. The number of carboxylic acid groups (broad SMARTS) is 1. The van der Waals surface area contributed by atoms with Crippen molar-refractivity contribution in [1.29, 1.82) is 0 Å². The monoisotopic (exact) mass is 266 g/mol. The molecule has 0 aromatic heterocycles. The second kappa shape index (κ2) is 7.02. The standard InChI is InChI=1S/C15H22O4/c1-5-19-14-9-11(6-7-13(14)18-4)8-12(10(2)3)15(16)17/h6-7,9-10,12H,5,8H2,1-4H3,(H,16,17). The molecule has 0 saturated carbocycles. The second-order valence-electron chi connectivity index (χ2n) is 4.81. The Kier molecular flexibility index (Phi) is 5.67. The molecule has 0 radical (unpaired) electrons. The van der Waals surface area contributed by atoms with Gasteiger partial charge in [0, 0.05) is 0 Å². The number of carboxylic acids is 1. The first-order valence-electron chi connectivity index (χ1n) is 6.52. The van der Waals surface area contributed by atoms with Crippen molar-refractivity contribution in [2.24, 2.45) is 11.8 Å². The minimum Gasteiger partial charge on any atom is -0.493 e. The van der Waals surface area contributed by atoms with E-state index >= 15 is 0 Å². The van der Waals surface area contributed by atoms with Gasteiger partial charge in [-0.2, -0.15) is 0 Å². The van der Waals surface area contributed by atoms with Crippen LogP contribution in [0.25, 0.3) is 0 Å². The fourth-order valence-corrected chi connectivity index (χ4v) is 1.98. The van der Waals surface area contributed by atoms with E-state index in [1.165, 1.54) is 0 Å². The Morgan fingerprint density at radius 1 is 1.32 bits per heavy atom. The summed E-state index contributed by atoms with van der Waals surface area (Å²) < 4.78 is 10.7. The van der Waals surface area contributed by atoms with Crippen molar-refractivity contribution in [1.82, 2.24) is 0 Å². The Hall–Kier alpha value is -1.71. The number of hydrogen-bond acceptors (Lipinski definition) is 3. The lowest BCUT2D eigenvalue weighted by molar-refractivity contribution is -0.143. The van der Waals surface area contributed by atoms with E-state index < -0.39 is 5.97 Å². The van der Waals surface area contributed by atoms with Crippen molar-refractivity contribution < 1.29 is 19.4 Å². The highest BCUT2D eigenvalue weighted by atomic mass is 16.5. The van der Waals surface area contributed by atoms with Crippen LogP contribution in [0.3, 0.4) is 0 Å². The third kappa shape index (κ3) is 4.16. The quantitative estimate of drug-likeness (QED) is 0.824. The topological polar surface area (TPSA) is 55.8 Å². The highest BCUT2D eigenvalue weighted by Crippen LogP contribution is 2.29. The summed E-state index contributed by atoms with van der Waals surface area (Å²) in [5.41, 5.74) is 0.949. The van der Waals surface area contributed by atoms with Gasteiger partial charge < -0.3 is 14.6 Å². The Balaban J connectivity index is 2.95. The van der Waals surface area contributed by atoms with Gasteiger partial charge in [0.15, 0.2) is 11.5 Å². The fraction of sp³-hybridized carbons (Fsp3) is 0.533. The van der Waals surface area contributed by atoms with E-state index in [9.17, 15) is 9.90 Å². The van der Waals surface area contributed by atoms with Gasteiger partial charge >= 0.3 is 5.97 Å². The molecular formula is C15H22O4. The summed E-state index contributed by atoms with van der Waals surface area (Å²) in [6.07, 6.45) is 0.497. The Morgan fingerprint density at radius 3 is 2.47 bits per heavy atom. The highest BCUT2D eigenvalue weighted by Gasteiger charge is 2.22. The zero-order valence-electron chi connectivity index (χ0n) is 12.0. The van der Waals surface area contributed by atoms with Crippen molar-refractivity contribution in [2.75, 3.05) is 13.7 Å². The normalized spacial score (nSPS) is 12.3. The van der Waals surface area contributed by atoms with Crippen LogP contribution in [-0.2, 0) is 11.2 Å². The molecule has 0 aliphatic heterocycles. The third-order valence-corrected chi connectivity index (χ3v) is 3.11. The molecule has 0 aliphatic carbocycles. The Labute approximate surface area is 114 Å². The lowest BCUT2D eigenvalue weighted by Crippen LogP contribution is -2.22. The molecule has 1 atom stereocenters. The largest absolute Gasteiger partial charge is 0.493 e. The molecule has 0 bridgehead atoms. The molecule has 1 aromatic carbocycles. The fourth-order valence-electron chi connectivity index (χ4n) is 1.98. The van der Waals surface area contributed by atoms with Crippen LogP contribution in [-0.4, -0.2) is 24.8 Å². The maximum Gasteiger partial charge on any atom is 0.307 e. The number of hydrogen-bond donors (Lipinski definition) is 1. The van der Waals surface area contributed by atoms with E-state index in [4.69, 9.17) is 9.47 Å². The summed E-state index contributed by atoms with van der Waals surface area (Å²) in [5.74, 6) is 0.277. The lowest BCUT2D eigenvalue weighted by atomic mass is 9.89. The van der Waals surface area contributed by atoms with Crippen molar-refractivity contribution in [3.05, 3.63) is 23.8 Å². The number of methoxy groups -OCH3 is 1. The van der Waals surface area contributed by atoms with Crippen LogP contribution in [0.5, 0.6) is 11.5 Å². The van der Waals surface area contributed by atoms with Crippen molar-refractivity contribution in [2.45, 2.75) is 27.2 Å². The van der Waals surface area contributed by atoms with Gasteiger partial charge in [-0.05, 0) is 37.0 Å². The number of aliphatic carboxylic acids is 1. The Morgan fingerprint density at radius 2 is 2.00 bits per heavy atom. The minimum absolute atomic E-state index is 0.0927. The van der Waals surface area contributed by atoms with E-state index in [1.54, 1.807) is 7.11 Å². The van der Waals surface area contributed by atoms with Crippen molar-refractivity contribution in [3.63, 3.8) is 0 Å². The molecule has 1 aromatic rings. The minimum atomic E-state index is -0.760. The van der Waals surface area contributed by atoms with Crippen molar-refractivity contribution >= 4 is 5.97 Å². The maximum atomic E-state index is 11.2. The molecule has 1 N–H and O–H groups in total. The van der Waals surface area contributed by atoms with Gasteiger partial charge in [0.2, 0.25) is 0 Å². The van der Waals surface area contributed by atoms with E-state index in [-0.39, 0.29) is 11.8 Å². The lowest BCUT2D eigenvalue weighted by Gasteiger charge is -2.17. The molecule has 0 heterocycles. The van der Waals surface area contributed by atoms with Gasteiger partial charge in [0.05, 0.1) is 19.6 Å². The van der Waals surface area contributed by atoms with E-state index in [0.717, 1.165) is 5.56 Å². The number of carbonyl (C=O) groups is 1. The average Bonchev–Trinajstić information content (AvgIpc) is 2.36. The van der Waals surface area contributed by atoms with Gasteiger partial charge in [-0.3, -0.25) is 4.79 Å². The first-order valence-corrected chi connectivity index (χ1v) is 6.52. The number of benzene rings is 1. The summed E-state index contributed by atoms with van der Waals surface area (Å²) >= 11 is 0. The summed E-state index contributed by atoms with van der Waals surface area (Å²) in [6, 6.07) is 5.57. The molecule has 4 nitrogen and oxygen atoms in total. The molecule has 0 aliphatic rings. The van der Waals surface area contributed by atoms with Crippen LogP contribution in [0.1, 0.15) is 26.3 Å². The van der Waals surface area contributed by atoms with E-state index in [2.05, 4.69) is 0 Å². The molecule has 1 rings (SSSR count). The molecule has 0 amide bonds. The summed E-state index contributed by atoms with van der Waals surface area (Å²) in [4.78, 5) is 11.2. The molecule has 0 saturated heterocycles. The van der Waals surface area contributed by atoms with E-state index in [1.807, 2.05) is 39.0 Å². The smallest absolute Gasteiger partial charge is 0.307 e. The second-order valence-corrected chi connectivity index (χ2v) is 4.81. The first kappa shape index (κ1) is 15.3. The van der Waals surface area contributed by atoms with Gasteiger partial charge in [-0.1, -0.05) is 19.9 Å². The number of ether oxygens (including phenoxy) is 2. The Bertz CT molecular complexity index is 426. The van der Waals surface area contributed by atoms with Crippen LogP contribution < -0.4 is 9.47 Å². The third-order valence-electron chi connectivity index (χ3n) is 3.11. The molecule has 0 fully saturated rings. The molecule has 0 spiro atoms. The molecular weight excluding hydrogens is 244 g/mol. The van der Waals surface area contributed by atoms with E-state index in [0.29, 0.717) is 24.5 Å². The summed E-state index contributed by atoms with van der Waals surface area (Å²) in [7, 11) is 1.59. The van der Waals surface area contributed by atoms with Crippen LogP contribution in [0, 0.1) is 11.8 Å². The molecule has 1 unspecified atom stereocenters. The van der Waals surface area contributed by atoms with Gasteiger partial charge in [0.25, 0.3) is 0 Å². The summed E-state index contributed by atoms with van der Waals surface area (Å²) in [6.45, 7) is 6.30. The molecule has 4 heteroatoms. The van der Waals surface area contributed by atoms with Crippen LogP contribution in [0.15, 0.2) is 18.2 Å². The molecule has 106 valence electrons.